The fraction of sp³-hybridized carbons (Fsp3) is 0. The minimum absolute atomic E-state index is 0.701. The van der Waals surface area contributed by atoms with Crippen LogP contribution in [0.25, 0.3) is 105 Å². The molecular formula is C50H31N3O. The predicted octanol–water partition coefficient (Wildman–Crippen LogP) is 13.3. The second-order valence-corrected chi connectivity index (χ2v) is 13.8. The summed E-state index contributed by atoms with van der Waals surface area (Å²) in [5.41, 5.74) is 13.5. The minimum atomic E-state index is 0.701. The first-order valence-electron chi connectivity index (χ1n) is 18.2. The van der Waals surface area contributed by atoms with Crippen molar-refractivity contribution in [3.05, 3.63) is 188 Å². The van der Waals surface area contributed by atoms with E-state index in [2.05, 4.69) is 168 Å². The van der Waals surface area contributed by atoms with Crippen molar-refractivity contribution < 1.29 is 4.42 Å². The van der Waals surface area contributed by atoms with Crippen LogP contribution in [0.1, 0.15) is 0 Å². The van der Waals surface area contributed by atoms with Gasteiger partial charge in [0.2, 0.25) is 0 Å². The first-order chi connectivity index (χ1) is 26.8. The number of aromatic nitrogens is 3. The van der Waals surface area contributed by atoms with Crippen molar-refractivity contribution in [1.82, 2.24) is 14.5 Å². The summed E-state index contributed by atoms with van der Waals surface area (Å²) >= 11 is 0. The Bertz CT molecular complexity index is 3100. The third-order valence-corrected chi connectivity index (χ3v) is 10.6. The van der Waals surface area contributed by atoms with Gasteiger partial charge in [0.1, 0.15) is 11.2 Å². The smallest absolute Gasteiger partial charge is 0.160 e. The molecule has 0 aliphatic heterocycles. The van der Waals surface area contributed by atoms with E-state index in [9.17, 15) is 0 Å². The average molecular weight is 690 g/mol. The molecule has 8 aromatic carbocycles. The van der Waals surface area contributed by atoms with Crippen LogP contribution in [-0.4, -0.2) is 14.5 Å². The molecule has 0 radical (unpaired) electrons. The molecule has 3 heterocycles. The number of rotatable bonds is 5. The first kappa shape index (κ1) is 30.3. The normalized spacial score (nSPS) is 11.7. The summed E-state index contributed by atoms with van der Waals surface area (Å²) in [6.45, 7) is 0. The van der Waals surface area contributed by atoms with Gasteiger partial charge in [-0.3, -0.25) is 0 Å². The highest BCUT2D eigenvalue weighted by Crippen LogP contribution is 2.42. The lowest BCUT2D eigenvalue weighted by Gasteiger charge is -2.11. The quantitative estimate of drug-likeness (QED) is 0.181. The molecule has 4 nitrogen and oxygen atoms in total. The molecular weight excluding hydrogens is 659 g/mol. The largest absolute Gasteiger partial charge is 0.456 e. The number of furan rings is 1. The molecule has 252 valence electrons. The molecule has 0 aliphatic rings. The molecule has 11 aromatic rings. The molecule has 0 spiro atoms. The zero-order valence-electron chi connectivity index (χ0n) is 29.1. The summed E-state index contributed by atoms with van der Waals surface area (Å²) in [6.07, 6.45) is 0. The van der Waals surface area contributed by atoms with Gasteiger partial charge in [-0.15, -0.1) is 0 Å². The molecule has 0 aliphatic carbocycles. The Kier molecular flexibility index (Phi) is 6.82. The van der Waals surface area contributed by atoms with E-state index in [0.29, 0.717) is 5.82 Å². The lowest BCUT2D eigenvalue weighted by molar-refractivity contribution is 0.668. The van der Waals surface area contributed by atoms with Gasteiger partial charge in [-0.05, 0) is 58.7 Å². The Morgan fingerprint density at radius 3 is 1.65 bits per heavy atom. The third-order valence-electron chi connectivity index (χ3n) is 10.6. The Morgan fingerprint density at radius 1 is 0.389 bits per heavy atom. The van der Waals surface area contributed by atoms with E-state index in [1.54, 1.807) is 0 Å². The highest BCUT2D eigenvalue weighted by molar-refractivity contribution is 6.16. The molecule has 0 bridgehead atoms. The zero-order valence-corrected chi connectivity index (χ0v) is 29.1. The number of benzene rings is 8. The van der Waals surface area contributed by atoms with Gasteiger partial charge in [0.15, 0.2) is 5.82 Å². The Labute approximate surface area is 311 Å². The van der Waals surface area contributed by atoms with E-state index in [1.165, 1.54) is 33.0 Å². The van der Waals surface area contributed by atoms with Crippen molar-refractivity contribution >= 4 is 54.6 Å². The number of nitrogens with zero attached hydrogens (tertiary/aromatic N) is 3. The van der Waals surface area contributed by atoms with E-state index in [4.69, 9.17) is 14.4 Å². The van der Waals surface area contributed by atoms with Gasteiger partial charge in [0, 0.05) is 49.8 Å². The van der Waals surface area contributed by atoms with Crippen LogP contribution in [0, 0.1) is 0 Å². The maximum atomic E-state index is 6.73. The fourth-order valence-electron chi connectivity index (χ4n) is 8.07. The van der Waals surface area contributed by atoms with Crippen LogP contribution in [0.4, 0.5) is 0 Å². The van der Waals surface area contributed by atoms with Crippen molar-refractivity contribution in [3.63, 3.8) is 0 Å². The molecule has 4 heteroatoms. The third kappa shape index (κ3) is 4.85. The van der Waals surface area contributed by atoms with Gasteiger partial charge in [-0.25, -0.2) is 9.97 Å². The van der Waals surface area contributed by atoms with E-state index in [0.717, 1.165) is 66.4 Å². The summed E-state index contributed by atoms with van der Waals surface area (Å²) in [7, 11) is 0. The summed E-state index contributed by atoms with van der Waals surface area (Å²) in [4.78, 5) is 10.2. The van der Waals surface area contributed by atoms with Crippen LogP contribution in [-0.2, 0) is 0 Å². The predicted molar refractivity (Wildman–Crippen MR) is 223 cm³/mol. The second kappa shape index (κ2) is 12.1. The molecule has 0 amide bonds. The Morgan fingerprint density at radius 2 is 0.981 bits per heavy atom. The highest BCUT2D eigenvalue weighted by Gasteiger charge is 2.20. The van der Waals surface area contributed by atoms with Gasteiger partial charge in [-0.1, -0.05) is 146 Å². The molecule has 3 aromatic heterocycles. The second-order valence-electron chi connectivity index (χ2n) is 13.8. The zero-order chi connectivity index (χ0) is 35.6. The molecule has 0 saturated carbocycles. The van der Waals surface area contributed by atoms with E-state index in [1.807, 2.05) is 24.3 Å². The minimum Gasteiger partial charge on any atom is -0.456 e. The highest BCUT2D eigenvalue weighted by atomic mass is 16.3. The summed E-state index contributed by atoms with van der Waals surface area (Å²) in [5, 5.41) is 5.51. The van der Waals surface area contributed by atoms with Gasteiger partial charge >= 0.3 is 0 Å². The molecule has 0 atom stereocenters. The summed E-state index contributed by atoms with van der Waals surface area (Å²) in [6, 6.07) is 66.1. The molecule has 11 rings (SSSR count). The maximum absolute atomic E-state index is 6.73. The standard InChI is InChI=1S/C50H31N3O/c1-4-13-32(14-5-1)35-23-26-38-39-27-24-36(33-15-6-2-7-16-33)30-45(39)53(44(38)29-35)37-25-28-41-47(31-37)54-46-22-12-20-42(48(41)46)49-40-19-10-11-21-43(40)51-50(52-49)34-17-8-3-9-18-34/h1-31H. The lowest BCUT2D eigenvalue weighted by atomic mass is 10.00. The molecule has 0 unspecified atom stereocenters. The SMILES string of the molecule is c1ccc(-c2ccc3c4ccc(-c5ccccc5)cc4n(-c4ccc5c(c4)oc4cccc(-c6nc(-c7ccccc7)nc7ccccc67)c45)c3c2)cc1. The Hall–Kier alpha value is -7.30. The molecule has 0 N–H and O–H groups in total. The van der Waals surface area contributed by atoms with E-state index in [-0.39, 0.29) is 0 Å². The van der Waals surface area contributed by atoms with Crippen LogP contribution in [0.5, 0.6) is 0 Å². The van der Waals surface area contributed by atoms with Crippen molar-refractivity contribution in [2.24, 2.45) is 0 Å². The van der Waals surface area contributed by atoms with Crippen LogP contribution >= 0.6 is 0 Å². The monoisotopic (exact) mass is 689 g/mol. The van der Waals surface area contributed by atoms with Crippen LogP contribution in [0.15, 0.2) is 192 Å². The number of hydrogen-bond donors (Lipinski definition) is 0. The fourth-order valence-corrected chi connectivity index (χ4v) is 8.07. The van der Waals surface area contributed by atoms with E-state index < -0.39 is 0 Å². The first-order valence-corrected chi connectivity index (χ1v) is 18.2. The lowest BCUT2D eigenvalue weighted by Crippen LogP contribution is -1.95. The van der Waals surface area contributed by atoms with Crippen molar-refractivity contribution in [2.75, 3.05) is 0 Å². The van der Waals surface area contributed by atoms with Gasteiger partial charge in [-0.2, -0.15) is 0 Å². The van der Waals surface area contributed by atoms with Gasteiger partial charge in [0.25, 0.3) is 0 Å². The molecule has 54 heavy (non-hydrogen) atoms. The van der Waals surface area contributed by atoms with Crippen LogP contribution in [0.2, 0.25) is 0 Å². The topological polar surface area (TPSA) is 43.9 Å². The Balaban J connectivity index is 1.15. The van der Waals surface area contributed by atoms with Gasteiger partial charge < -0.3 is 8.98 Å². The average Bonchev–Trinajstić information content (AvgIpc) is 3.79. The van der Waals surface area contributed by atoms with E-state index >= 15 is 0 Å². The number of para-hydroxylation sites is 1. The molecule has 0 fully saturated rings. The maximum Gasteiger partial charge on any atom is 0.160 e. The van der Waals surface area contributed by atoms with Crippen molar-refractivity contribution in [1.29, 1.82) is 0 Å². The van der Waals surface area contributed by atoms with Gasteiger partial charge in [0.05, 0.1) is 22.2 Å². The van der Waals surface area contributed by atoms with Crippen LogP contribution in [0.3, 0.4) is 0 Å². The van der Waals surface area contributed by atoms with Crippen molar-refractivity contribution in [3.8, 4) is 50.6 Å². The van der Waals surface area contributed by atoms with Crippen molar-refractivity contribution in [2.45, 2.75) is 0 Å². The summed E-state index contributed by atoms with van der Waals surface area (Å²) < 4.78 is 9.12. The number of hydrogen-bond acceptors (Lipinski definition) is 3. The van der Waals surface area contributed by atoms with Crippen LogP contribution < -0.4 is 0 Å². The number of fused-ring (bicyclic) bond motifs is 7. The molecule has 0 saturated heterocycles. The summed E-state index contributed by atoms with van der Waals surface area (Å²) in [5.74, 6) is 0.701.